The first kappa shape index (κ1) is 13.0. The molecule has 0 N–H and O–H groups in total. The van der Waals surface area contributed by atoms with Gasteiger partial charge in [0.1, 0.15) is 5.82 Å². The molecule has 3 nitrogen and oxygen atoms in total. The van der Waals surface area contributed by atoms with Crippen LogP contribution in [0.5, 0.6) is 0 Å². The van der Waals surface area contributed by atoms with E-state index in [1.807, 2.05) is 18.2 Å². The lowest BCUT2D eigenvalue weighted by atomic mass is 10.1. The minimum absolute atomic E-state index is 0.0312. The molecule has 0 unspecified atom stereocenters. The van der Waals surface area contributed by atoms with E-state index in [-0.39, 0.29) is 17.7 Å². The number of hydrogen-bond acceptors (Lipinski definition) is 2. The van der Waals surface area contributed by atoms with E-state index in [0.29, 0.717) is 0 Å². The van der Waals surface area contributed by atoms with E-state index < -0.39 is 10.7 Å². The van der Waals surface area contributed by atoms with Crippen LogP contribution in [-0.4, -0.2) is 4.92 Å². The normalized spacial score (nSPS) is 11.3. The van der Waals surface area contributed by atoms with Crippen LogP contribution in [0.15, 0.2) is 60.3 Å². The predicted octanol–water partition coefficient (Wildman–Crippen LogP) is 3.69. The molecule has 0 radical (unpaired) electrons. The van der Waals surface area contributed by atoms with Gasteiger partial charge in [0.2, 0.25) is 0 Å². The van der Waals surface area contributed by atoms with Crippen molar-refractivity contribution in [1.29, 1.82) is 0 Å². The minimum atomic E-state index is -0.473. The zero-order chi connectivity index (χ0) is 13.7. The van der Waals surface area contributed by atoms with Crippen molar-refractivity contribution in [3.8, 4) is 0 Å². The van der Waals surface area contributed by atoms with Crippen molar-refractivity contribution in [2.75, 3.05) is 0 Å². The Bertz CT molecular complexity index is 609. The lowest BCUT2D eigenvalue weighted by Gasteiger charge is -2.01. The van der Waals surface area contributed by atoms with Crippen molar-refractivity contribution >= 4 is 6.08 Å². The Morgan fingerprint density at radius 1 is 1.11 bits per heavy atom. The number of hydrogen-bond donors (Lipinski definition) is 0. The van der Waals surface area contributed by atoms with Gasteiger partial charge in [-0.1, -0.05) is 48.5 Å². The fraction of sp³-hybridized carbons (Fsp3) is 0.0667. The third kappa shape index (κ3) is 3.48. The Kier molecular flexibility index (Phi) is 4.03. The van der Waals surface area contributed by atoms with Crippen LogP contribution in [0.1, 0.15) is 11.1 Å². The summed E-state index contributed by atoms with van der Waals surface area (Å²) in [5, 5.41) is 11.0. The van der Waals surface area contributed by atoms with E-state index >= 15 is 0 Å². The molecule has 0 aromatic heterocycles. The zero-order valence-corrected chi connectivity index (χ0v) is 10.1. The minimum Gasteiger partial charge on any atom is -0.259 e. The first-order valence-corrected chi connectivity index (χ1v) is 5.80. The summed E-state index contributed by atoms with van der Waals surface area (Å²) in [6.45, 7) is 0. The van der Waals surface area contributed by atoms with E-state index in [1.54, 1.807) is 24.3 Å². The second-order valence-electron chi connectivity index (χ2n) is 4.08. The van der Waals surface area contributed by atoms with Crippen molar-refractivity contribution in [3.05, 3.63) is 87.4 Å². The number of nitro groups is 1. The number of rotatable bonds is 4. The van der Waals surface area contributed by atoms with Crippen LogP contribution in [-0.2, 0) is 6.42 Å². The smallest absolute Gasteiger partial charge is 0.251 e. The molecule has 0 atom stereocenters. The summed E-state index contributed by atoms with van der Waals surface area (Å²) in [5.41, 5.74) is 1.02. The molecule has 19 heavy (non-hydrogen) atoms. The molecule has 0 fully saturated rings. The quantitative estimate of drug-likeness (QED) is 0.619. The van der Waals surface area contributed by atoms with Gasteiger partial charge in [-0.05, 0) is 11.6 Å². The fourth-order valence-corrected chi connectivity index (χ4v) is 1.74. The van der Waals surface area contributed by atoms with Crippen LogP contribution in [0.3, 0.4) is 0 Å². The van der Waals surface area contributed by atoms with Gasteiger partial charge in [0.15, 0.2) is 0 Å². The van der Waals surface area contributed by atoms with E-state index in [9.17, 15) is 14.5 Å². The Hall–Kier alpha value is -2.49. The SMILES string of the molecule is O=[N+]([O-])C(=Cc1ccccc1F)Cc1ccccc1. The maximum Gasteiger partial charge on any atom is 0.251 e. The summed E-state index contributed by atoms with van der Waals surface area (Å²) in [5.74, 6) is -0.463. The van der Waals surface area contributed by atoms with Gasteiger partial charge in [-0.3, -0.25) is 10.1 Å². The lowest BCUT2D eigenvalue weighted by molar-refractivity contribution is -0.425. The summed E-state index contributed by atoms with van der Waals surface area (Å²) in [4.78, 5) is 10.6. The van der Waals surface area contributed by atoms with Crippen LogP contribution in [0.2, 0.25) is 0 Å². The van der Waals surface area contributed by atoms with Crippen LogP contribution in [0.4, 0.5) is 4.39 Å². The molecule has 0 aliphatic heterocycles. The molecule has 0 aliphatic rings. The molecule has 0 saturated carbocycles. The van der Waals surface area contributed by atoms with Crippen molar-refractivity contribution < 1.29 is 9.31 Å². The highest BCUT2D eigenvalue weighted by Gasteiger charge is 2.13. The average molecular weight is 257 g/mol. The van der Waals surface area contributed by atoms with Gasteiger partial charge in [-0.2, -0.15) is 0 Å². The van der Waals surface area contributed by atoms with Crippen molar-refractivity contribution in [2.24, 2.45) is 0 Å². The molecule has 0 bridgehead atoms. The van der Waals surface area contributed by atoms with Gasteiger partial charge in [-0.25, -0.2) is 4.39 Å². The maximum absolute atomic E-state index is 13.5. The molecule has 0 amide bonds. The Labute approximate surface area is 110 Å². The predicted molar refractivity (Wildman–Crippen MR) is 71.5 cm³/mol. The molecule has 0 aliphatic carbocycles. The van der Waals surface area contributed by atoms with Crippen LogP contribution in [0.25, 0.3) is 6.08 Å². The molecule has 96 valence electrons. The van der Waals surface area contributed by atoms with Gasteiger partial charge in [0.25, 0.3) is 5.70 Å². The molecule has 2 rings (SSSR count). The molecule has 2 aromatic carbocycles. The summed E-state index contributed by atoms with van der Waals surface area (Å²) in [6.07, 6.45) is 1.45. The van der Waals surface area contributed by atoms with Crippen molar-refractivity contribution in [3.63, 3.8) is 0 Å². The molecular formula is C15H12FNO2. The standard InChI is InChI=1S/C15H12FNO2/c16-15-9-5-4-8-13(15)11-14(17(18)19)10-12-6-2-1-3-7-12/h1-9,11H,10H2. The highest BCUT2D eigenvalue weighted by molar-refractivity contribution is 5.52. The molecule has 4 heteroatoms. The Morgan fingerprint density at radius 2 is 1.74 bits per heavy atom. The summed E-state index contributed by atoms with van der Waals surface area (Å²) >= 11 is 0. The monoisotopic (exact) mass is 257 g/mol. The average Bonchev–Trinajstić information content (AvgIpc) is 2.41. The highest BCUT2D eigenvalue weighted by atomic mass is 19.1. The van der Waals surface area contributed by atoms with Gasteiger partial charge in [0.05, 0.1) is 11.3 Å². The van der Waals surface area contributed by atoms with Crippen LogP contribution in [0, 0.1) is 15.9 Å². The van der Waals surface area contributed by atoms with E-state index in [1.165, 1.54) is 18.2 Å². The molecule has 2 aromatic rings. The van der Waals surface area contributed by atoms with Crippen molar-refractivity contribution in [1.82, 2.24) is 0 Å². The number of nitrogens with zero attached hydrogens (tertiary/aromatic N) is 1. The second kappa shape index (κ2) is 5.91. The second-order valence-corrected chi connectivity index (χ2v) is 4.08. The third-order valence-corrected chi connectivity index (χ3v) is 2.69. The summed E-state index contributed by atoms with van der Waals surface area (Å²) < 4.78 is 13.5. The summed E-state index contributed by atoms with van der Waals surface area (Å²) in [7, 11) is 0. The largest absolute Gasteiger partial charge is 0.259 e. The van der Waals surface area contributed by atoms with Gasteiger partial charge < -0.3 is 0 Å². The molecule has 0 spiro atoms. The fourth-order valence-electron chi connectivity index (χ4n) is 1.74. The summed E-state index contributed by atoms with van der Waals surface area (Å²) in [6, 6.07) is 15.1. The number of allylic oxidation sites excluding steroid dienone is 1. The van der Waals surface area contributed by atoms with Crippen LogP contribution < -0.4 is 0 Å². The molecular weight excluding hydrogens is 245 g/mol. The van der Waals surface area contributed by atoms with Crippen LogP contribution >= 0.6 is 0 Å². The van der Waals surface area contributed by atoms with Crippen molar-refractivity contribution in [2.45, 2.75) is 6.42 Å². The van der Waals surface area contributed by atoms with E-state index in [0.717, 1.165) is 5.56 Å². The Morgan fingerprint density at radius 3 is 2.37 bits per heavy atom. The molecule has 0 heterocycles. The third-order valence-electron chi connectivity index (χ3n) is 2.69. The number of benzene rings is 2. The zero-order valence-electron chi connectivity index (χ0n) is 10.1. The van der Waals surface area contributed by atoms with Gasteiger partial charge in [0, 0.05) is 11.6 Å². The van der Waals surface area contributed by atoms with E-state index in [4.69, 9.17) is 0 Å². The van der Waals surface area contributed by atoms with E-state index in [2.05, 4.69) is 0 Å². The van der Waals surface area contributed by atoms with Gasteiger partial charge >= 0.3 is 0 Å². The Balaban J connectivity index is 2.31. The van der Waals surface area contributed by atoms with Gasteiger partial charge in [-0.15, -0.1) is 0 Å². The first-order valence-electron chi connectivity index (χ1n) is 5.80. The first-order chi connectivity index (χ1) is 9.16. The maximum atomic E-state index is 13.5. The topological polar surface area (TPSA) is 43.1 Å². The highest BCUT2D eigenvalue weighted by Crippen LogP contribution is 2.15. The lowest BCUT2D eigenvalue weighted by Crippen LogP contribution is -2.02. The number of halogens is 1. The molecule has 0 saturated heterocycles.